The van der Waals surface area contributed by atoms with Crippen LogP contribution >= 0.6 is 0 Å². The molecule has 2 N–H and O–H groups in total. The summed E-state index contributed by atoms with van der Waals surface area (Å²) >= 11 is 0. The first-order chi connectivity index (χ1) is 8.93. The Hall–Kier alpha value is -1.72. The van der Waals surface area contributed by atoms with Crippen molar-refractivity contribution in [3.63, 3.8) is 0 Å². The molecule has 104 valence electrons. The van der Waals surface area contributed by atoms with Crippen LogP contribution in [0.15, 0.2) is 24.3 Å². The summed E-state index contributed by atoms with van der Waals surface area (Å²) in [4.78, 5) is 12.2. The van der Waals surface area contributed by atoms with E-state index >= 15 is 0 Å². The van der Waals surface area contributed by atoms with E-state index in [-0.39, 0.29) is 18.5 Å². The molecule has 0 aliphatic carbocycles. The Bertz CT molecular complexity index is 474. The van der Waals surface area contributed by atoms with Gasteiger partial charge < -0.3 is 10.2 Å². The maximum atomic E-state index is 13.8. The SMILES string of the molecule is CC(CO)N(C)Cc1ccc(/C=C/C(=O)O)cc1F. The molecule has 19 heavy (non-hydrogen) atoms. The fourth-order valence-electron chi connectivity index (χ4n) is 1.53. The first kappa shape index (κ1) is 15.3. The molecular weight excluding hydrogens is 249 g/mol. The number of likely N-dealkylation sites (N-methyl/N-ethyl adjacent to an activating group) is 1. The van der Waals surface area contributed by atoms with E-state index in [4.69, 9.17) is 10.2 Å². The first-order valence-corrected chi connectivity index (χ1v) is 5.94. The molecule has 1 unspecified atom stereocenters. The quantitative estimate of drug-likeness (QED) is 0.771. The van der Waals surface area contributed by atoms with Crippen LogP contribution in [0.2, 0.25) is 0 Å². The summed E-state index contributed by atoms with van der Waals surface area (Å²) in [6, 6.07) is 4.53. The van der Waals surface area contributed by atoms with Crippen molar-refractivity contribution in [2.75, 3.05) is 13.7 Å². The molecule has 0 aromatic heterocycles. The number of aliphatic hydroxyl groups is 1. The van der Waals surface area contributed by atoms with Crippen molar-refractivity contribution >= 4 is 12.0 Å². The van der Waals surface area contributed by atoms with Gasteiger partial charge in [-0.05, 0) is 31.7 Å². The second kappa shape index (κ2) is 7.01. The second-order valence-corrected chi connectivity index (χ2v) is 4.47. The Kier molecular flexibility index (Phi) is 5.66. The summed E-state index contributed by atoms with van der Waals surface area (Å²) < 4.78 is 13.8. The van der Waals surface area contributed by atoms with Gasteiger partial charge in [-0.2, -0.15) is 0 Å². The van der Waals surface area contributed by atoms with Crippen LogP contribution in [0.4, 0.5) is 4.39 Å². The maximum Gasteiger partial charge on any atom is 0.328 e. The van der Waals surface area contributed by atoms with Crippen molar-refractivity contribution in [1.82, 2.24) is 4.90 Å². The minimum atomic E-state index is -1.07. The maximum absolute atomic E-state index is 13.8. The zero-order valence-corrected chi connectivity index (χ0v) is 11.0. The molecule has 0 bridgehead atoms. The standard InChI is InChI=1S/C14H18FNO3/c1-10(9-17)16(2)8-12-5-3-11(7-13(12)15)4-6-14(18)19/h3-7,10,17H,8-9H2,1-2H3,(H,18,19)/b6-4+. The number of carboxylic acid groups (broad SMARTS) is 1. The van der Waals surface area contributed by atoms with E-state index in [2.05, 4.69) is 0 Å². The van der Waals surface area contributed by atoms with Crippen molar-refractivity contribution in [2.24, 2.45) is 0 Å². The number of benzene rings is 1. The van der Waals surface area contributed by atoms with Gasteiger partial charge in [0.1, 0.15) is 5.82 Å². The predicted molar refractivity (Wildman–Crippen MR) is 71.1 cm³/mol. The summed E-state index contributed by atoms with van der Waals surface area (Å²) in [6.45, 7) is 2.25. The molecule has 1 aromatic carbocycles. The van der Waals surface area contributed by atoms with E-state index in [0.717, 1.165) is 6.08 Å². The Morgan fingerprint density at radius 3 is 2.74 bits per heavy atom. The fourth-order valence-corrected chi connectivity index (χ4v) is 1.53. The molecule has 1 aromatic rings. The van der Waals surface area contributed by atoms with Gasteiger partial charge in [-0.15, -0.1) is 0 Å². The topological polar surface area (TPSA) is 60.8 Å². The number of nitrogens with zero attached hydrogens (tertiary/aromatic N) is 1. The van der Waals surface area contributed by atoms with Crippen LogP contribution in [0.3, 0.4) is 0 Å². The summed E-state index contributed by atoms with van der Waals surface area (Å²) in [7, 11) is 1.80. The molecule has 5 heteroatoms. The molecule has 0 fully saturated rings. The third kappa shape index (κ3) is 4.81. The van der Waals surface area contributed by atoms with Gasteiger partial charge in [0, 0.05) is 24.2 Å². The van der Waals surface area contributed by atoms with Crippen molar-refractivity contribution in [3.05, 3.63) is 41.2 Å². The second-order valence-electron chi connectivity index (χ2n) is 4.47. The van der Waals surface area contributed by atoms with E-state index < -0.39 is 5.97 Å². The van der Waals surface area contributed by atoms with Crippen molar-refractivity contribution < 1.29 is 19.4 Å². The highest BCUT2D eigenvalue weighted by atomic mass is 19.1. The average molecular weight is 267 g/mol. The zero-order valence-electron chi connectivity index (χ0n) is 11.0. The van der Waals surface area contributed by atoms with Gasteiger partial charge >= 0.3 is 5.97 Å². The van der Waals surface area contributed by atoms with Crippen molar-refractivity contribution in [1.29, 1.82) is 0 Å². The van der Waals surface area contributed by atoms with Gasteiger partial charge in [-0.3, -0.25) is 4.90 Å². The molecule has 0 aliphatic heterocycles. The van der Waals surface area contributed by atoms with Crippen LogP contribution in [0.1, 0.15) is 18.1 Å². The summed E-state index contributed by atoms with van der Waals surface area (Å²) in [6.07, 6.45) is 2.31. The molecule has 0 radical (unpaired) electrons. The monoisotopic (exact) mass is 267 g/mol. The fraction of sp³-hybridized carbons (Fsp3) is 0.357. The summed E-state index contributed by atoms with van der Waals surface area (Å²) in [5.74, 6) is -1.45. The Balaban J connectivity index is 2.80. The molecule has 1 rings (SSSR count). The lowest BCUT2D eigenvalue weighted by Crippen LogP contribution is -2.31. The highest BCUT2D eigenvalue weighted by Crippen LogP contribution is 2.14. The van der Waals surface area contributed by atoms with Crippen LogP contribution in [0.25, 0.3) is 6.08 Å². The molecule has 4 nitrogen and oxygen atoms in total. The largest absolute Gasteiger partial charge is 0.478 e. The molecule has 0 heterocycles. The third-order valence-corrected chi connectivity index (χ3v) is 2.93. The number of carbonyl (C=O) groups is 1. The Morgan fingerprint density at radius 2 is 2.21 bits per heavy atom. The predicted octanol–water partition coefficient (Wildman–Crippen LogP) is 1.74. The number of carboxylic acids is 1. The normalized spacial score (nSPS) is 13.1. The molecule has 0 saturated carbocycles. The van der Waals surface area contributed by atoms with Gasteiger partial charge in [0.15, 0.2) is 0 Å². The van der Waals surface area contributed by atoms with Crippen LogP contribution in [-0.2, 0) is 11.3 Å². The number of hydrogen-bond acceptors (Lipinski definition) is 3. The van der Waals surface area contributed by atoms with Crippen molar-refractivity contribution in [2.45, 2.75) is 19.5 Å². The zero-order chi connectivity index (χ0) is 14.4. The molecule has 0 spiro atoms. The van der Waals surface area contributed by atoms with E-state index in [1.165, 1.54) is 12.1 Å². The molecule has 0 amide bonds. The van der Waals surface area contributed by atoms with Gasteiger partial charge in [0.25, 0.3) is 0 Å². The van der Waals surface area contributed by atoms with Crippen LogP contribution in [0.5, 0.6) is 0 Å². The smallest absolute Gasteiger partial charge is 0.328 e. The van der Waals surface area contributed by atoms with E-state index in [9.17, 15) is 9.18 Å². The molecular formula is C14H18FNO3. The number of hydrogen-bond donors (Lipinski definition) is 2. The number of aliphatic hydroxyl groups excluding tert-OH is 1. The van der Waals surface area contributed by atoms with Gasteiger partial charge in [-0.25, -0.2) is 9.18 Å². The summed E-state index contributed by atoms with van der Waals surface area (Å²) in [5.41, 5.74) is 1.01. The van der Waals surface area contributed by atoms with E-state index in [0.29, 0.717) is 17.7 Å². The minimum absolute atomic E-state index is 0.0115. The van der Waals surface area contributed by atoms with Crippen LogP contribution in [-0.4, -0.2) is 40.8 Å². The summed E-state index contributed by atoms with van der Waals surface area (Å²) in [5, 5.41) is 17.5. The lowest BCUT2D eigenvalue weighted by atomic mass is 10.1. The van der Waals surface area contributed by atoms with E-state index in [1.54, 1.807) is 19.2 Å². The van der Waals surface area contributed by atoms with Gasteiger partial charge in [0.05, 0.1) is 6.61 Å². The third-order valence-electron chi connectivity index (χ3n) is 2.93. The molecule has 1 atom stereocenters. The Morgan fingerprint density at radius 1 is 1.53 bits per heavy atom. The average Bonchev–Trinajstić information content (AvgIpc) is 2.38. The van der Waals surface area contributed by atoms with Crippen molar-refractivity contribution in [3.8, 4) is 0 Å². The van der Waals surface area contributed by atoms with Crippen LogP contribution < -0.4 is 0 Å². The van der Waals surface area contributed by atoms with E-state index in [1.807, 2.05) is 11.8 Å². The lowest BCUT2D eigenvalue weighted by Gasteiger charge is -2.23. The Labute approximate surface area is 111 Å². The van der Waals surface area contributed by atoms with Gasteiger partial charge in [0.2, 0.25) is 0 Å². The minimum Gasteiger partial charge on any atom is -0.478 e. The highest BCUT2D eigenvalue weighted by Gasteiger charge is 2.11. The first-order valence-electron chi connectivity index (χ1n) is 5.94. The van der Waals surface area contributed by atoms with Gasteiger partial charge in [-0.1, -0.05) is 12.1 Å². The molecule has 0 aliphatic rings. The lowest BCUT2D eigenvalue weighted by molar-refractivity contribution is -0.131. The number of rotatable bonds is 6. The highest BCUT2D eigenvalue weighted by molar-refractivity contribution is 5.85. The molecule has 0 saturated heterocycles. The number of halogens is 1. The number of aliphatic carboxylic acids is 1. The van der Waals surface area contributed by atoms with Crippen LogP contribution in [0, 0.1) is 5.82 Å².